The Kier molecular flexibility index (Phi) is 14.0. The minimum absolute atomic E-state index is 0.660. The van der Waals surface area contributed by atoms with E-state index in [0.717, 1.165) is 29.1 Å². The number of benzene rings is 1. The van der Waals surface area contributed by atoms with Crippen LogP contribution in [0, 0.1) is 11.8 Å². The van der Waals surface area contributed by atoms with Gasteiger partial charge in [0.05, 0.1) is 0 Å². The standard InChI is InChI=1S/C38H60N2/c1-3-5-7-9-10-12-14-16-32-19-23-35(24-20-32)37-29-39-38(40-30-37)36-27-25-34(26-28-36)33-21-17-31(18-22-33)15-13-11-8-6-4-2/h25-33,35H,3-24H2,1-2H3. The zero-order valence-corrected chi connectivity index (χ0v) is 26.2. The smallest absolute Gasteiger partial charge is 0.159 e. The van der Waals surface area contributed by atoms with Crippen molar-refractivity contribution in [3.63, 3.8) is 0 Å². The van der Waals surface area contributed by atoms with E-state index in [0.29, 0.717) is 5.92 Å². The van der Waals surface area contributed by atoms with Crippen molar-refractivity contribution in [2.45, 2.75) is 167 Å². The van der Waals surface area contributed by atoms with Gasteiger partial charge in [0, 0.05) is 18.0 Å². The Balaban J connectivity index is 1.15. The summed E-state index contributed by atoms with van der Waals surface area (Å²) < 4.78 is 0. The fourth-order valence-electron chi connectivity index (χ4n) is 7.60. The van der Waals surface area contributed by atoms with Crippen LogP contribution in [0.15, 0.2) is 36.7 Å². The molecule has 2 saturated carbocycles. The monoisotopic (exact) mass is 544 g/mol. The molecule has 2 fully saturated rings. The van der Waals surface area contributed by atoms with Crippen LogP contribution in [-0.2, 0) is 0 Å². The largest absolute Gasteiger partial charge is 0.236 e. The van der Waals surface area contributed by atoms with E-state index in [1.165, 1.54) is 152 Å². The van der Waals surface area contributed by atoms with Gasteiger partial charge in [-0.1, -0.05) is 128 Å². The number of hydrogen-bond acceptors (Lipinski definition) is 2. The molecule has 2 aliphatic rings. The van der Waals surface area contributed by atoms with Gasteiger partial charge in [0.1, 0.15) is 0 Å². The number of nitrogens with zero attached hydrogens (tertiary/aromatic N) is 2. The number of hydrogen-bond donors (Lipinski definition) is 0. The molecule has 2 aromatic rings. The van der Waals surface area contributed by atoms with E-state index in [-0.39, 0.29) is 0 Å². The van der Waals surface area contributed by atoms with Gasteiger partial charge in [-0.05, 0) is 86.2 Å². The van der Waals surface area contributed by atoms with Gasteiger partial charge in [-0.15, -0.1) is 0 Å². The van der Waals surface area contributed by atoms with Crippen molar-refractivity contribution in [2.75, 3.05) is 0 Å². The first-order chi connectivity index (χ1) is 19.8. The topological polar surface area (TPSA) is 25.8 Å². The van der Waals surface area contributed by atoms with E-state index < -0.39 is 0 Å². The van der Waals surface area contributed by atoms with E-state index in [9.17, 15) is 0 Å². The summed E-state index contributed by atoms with van der Waals surface area (Å²) in [7, 11) is 0. The quantitative estimate of drug-likeness (QED) is 0.185. The highest BCUT2D eigenvalue weighted by Gasteiger charge is 2.24. The summed E-state index contributed by atoms with van der Waals surface area (Å²) in [5.74, 6) is 4.22. The summed E-state index contributed by atoms with van der Waals surface area (Å²) in [5.41, 5.74) is 4.04. The highest BCUT2D eigenvalue weighted by atomic mass is 14.9. The zero-order chi connectivity index (χ0) is 27.8. The van der Waals surface area contributed by atoms with Crippen molar-refractivity contribution in [3.05, 3.63) is 47.8 Å². The van der Waals surface area contributed by atoms with Crippen molar-refractivity contribution in [2.24, 2.45) is 11.8 Å². The minimum atomic E-state index is 0.660. The van der Waals surface area contributed by atoms with Gasteiger partial charge in [-0.25, -0.2) is 9.97 Å². The third kappa shape index (κ3) is 10.3. The molecule has 2 aliphatic carbocycles. The van der Waals surface area contributed by atoms with Crippen molar-refractivity contribution in [1.82, 2.24) is 9.97 Å². The van der Waals surface area contributed by atoms with Gasteiger partial charge in [-0.3, -0.25) is 0 Å². The number of aromatic nitrogens is 2. The second kappa shape index (κ2) is 18.0. The van der Waals surface area contributed by atoms with E-state index in [1.807, 2.05) is 0 Å². The highest BCUT2D eigenvalue weighted by Crippen LogP contribution is 2.39. The van der Waals surface area contributed by atoms with Crippen LogP contribution in [0.3, 0.4) is 0 Å². The molecule has 2 nitrogen and oxygen atoms in total. The maximum absolute atomic E-state index is 4.82. The molecule has 0 spiro atoms. The molecule has 0 N–H and O–H groups in total. The van der Waals surface area contributed by atoms with Crippen LogP contribution in [0.1, 0.15) is 178 Å². The third-order valence-electron chi connectivity index (χ3n) is 10.4. The predicted octanol–water partition coefficient (Wildman–Crippen LogP) is 12.2. The van der Waals surface area contributed by atoms with E-state index in [1.54, 1.807) is 0 Å². The maximum Gasteiger partial charge on any atom is 0.159 e. The molecule has 0 radical (unpaired) electrons. The number of rotatable bonds is 17. The normalized spacial score (nSPS) is 23.4. The molecule has 0 aliphatic heterocycles. The SMILES string of the molecule is CCCCCCCCCC1CCC(c2cnc(-c3ccc(C4CCC(CCCCCCC)CC4)cc3)nc2)CC1. The molecule has 0 amide bonds. The van der Waals surface area contributed by atoms with Crippen LogP contribution in [0.4, 0.5) is 0 Å². The Morgan fingerprint density at radius 3 is 1.40 bits per heavy atom. The van der Waals surface area contributed by atoms with Gasteiger partial charge in [-0.2, -0.15) is 0 Å². The average Bonchev–Trinajstić information content (AvgIpc) is 3.01. The van der Waals surface area contributed by atoms with Gasteiger partial charge in [0.2, 0.25) is 0 Å². The lowest BCUT2D eigenvalue weighted by Crippen LogP contribution is -2.14. The lowest BCUT2D eigenvalue weighted by molar-refractivity contribution is 0.301. The third-order valence-corrected chi connectivity index (χ3v) is 10.4. The molecule has 0 unspecified atom stereocenters. The Morgan fingerprint density at radius 1 is 0.500 bits per heavy atom. The van der Waals surface area contributed by atoms with Gasteiger partial charge in [0.15, 0.2) is 5.82 Å². The average molecular weight is 545 g/mol. The predicted molar refractivity (Wildman–Crippen MR) is 173 cm³/mol. The van der Waals surface area contributed by atoms with Crippen LogP contribution < -0.4 is 0 Å². The Bertz CT molecular complexity index is 902. The summed E-state index contributed by atoms with van der Waals surface area (Å²) in [5, 5.41) is 0. The molecule has 40 heavy (non-hydrogen) atoms. The second-order valence-corrected chi connectivity index (χ2v) is 13.5. The molecule has 222 valence electrons. The summed E-state index contributed by atoms with van der Waals surface area (Å²) in [4.78, 5) is 9.64. The van der Waals surface area contributed by atoms with Crippen molar-refractivity contribution >= 4 is 0 Å². The van der Waals surface area contributed by atoms with Crippen LogP contribution in [-0.4, -0.2) is 9.97 Å². The van der Waals surface area contributed by atoms with Gasteiger partial charge in [0.25, 0.3) is 0 Å². The first kappa shape index (κ1) is 31.2. The summed E-state index contributed by atoms with van der Waals surface area (Å²) in [6, 6.07) is 9.24. The van der Waals surface area contributed by atoms with Crippen molar-refractivity contribution in [1.29, 1.82) is 0 Å². The first-order valence-electron chi connectivity index (χ1n) is 17.7. The van der Waals surface area contributed by atoms with Gasteiger partial charge < -0.3 is 0 Å². The molecule has 2 heteroatoms. The fourth-order valence-corrected chi connectivity index (χ4v) is 7.60. The van der Waals surface area contributed by atoms with E-state index in [2.05, 4.69) is 50.5 Å². The second-order valence-electron chi connectivity index (χ2n) is 13.5. The minimum Gasteiger partial charge on any atom is -0.236 e. The molecule has 0 saturated heterocycles. The molecule has 1 aromatic heterocycles. The maximum atomic E-state index is 4.82. The Morgan fingerprint density at radius 2 is 0.925 bits per heavy atom. The Hall–Kier alpha value is -1.70. The molecule has 0 atom stereocenters. The summed E-state index contributed by atoms with van der Waals surface area (Å²) in [6.07, 6.45) is 35.2. The van der Waals surface area contributed by atoms with E-state index >= 15 is 0 Å². The fraction of sp³-hybridized carbons (Fsp3) is 0.737. The lowest BCUT2D eigenvalue weighted by atomic mass is 9.77. The lowest BCUT2D eigenvalue weighted by Gasteiger charge is -2.29. The van der Waals surface area contributed by atoms with Crippen molar-refractivity contribution < 1.29 is 0 Å². The van der Waals surface area contributed by atoms with Crippen molar-refractivity contribution in [3.8, 4) is 11.4 Å². The molecular formula is C38H60N2. The van der Waals surface area contributed by atoms with Gasteiger partial charge >= 0.3 is 0 Å². The van der Waals surface area contributed by atoms with Crippen LogP contribution in [0.5, 0.6) is 0 Å². The molecule has 4 rings (SSSR count). The number of unbranched alkanes of at least 4 members (excludes halogenated alkanes) is 10. The molecular weight excluding hydrogens is 484 g/mol. The van der Waals surface area contributed by atoms with Crippen LogP contribution in [0.2, 0.25) is 0 Å². The highest BCUT2D eigenvalue weighted by molar-refractivity contribution is 5.55. The van der Waals surface area contributed by atoms with Crippen LogP contribution in [0.25, 0.3) is 11.4 Å². The molecule has 1 aromatic carbocycles. The zero-order valence-electron chi connectivity index (χ0n) is 26.2. The first-order valence-corrected chi connectivity index (χ1v) is 17.7. The summed E-state index contributed by atoms with van der Waals surface area (Å²) >= 11 is 0. The van der Waals surface area contributed by atoms with Crippen LogP contribution >= 0.6 is 0 Å². The molecule has 0 bridgehead atoms. The Labute approximate surface area is 247 Å². The van der Waals surface area contributed by atoms with E-state index in [4.69, 9.17) is 9.97 Å². The molecule has 1 heterocycles. The summed E-state index contributed by atoms with van der Waals surface area (Å²) in [6.45, 7) is 4.61.